The molecule has 5 rings (SSSR count). The number of pyridine rings is 3. The SMILES string of the molecule is Cc1ccc(F)c(-c2cnc3c(c2)CN(c2nc4c(cc2C)C(=O)NC4)CC3)n1. The van der Waals surface area contributed by atoms with Crippen LogP contribution >= 0.6 is 0 Å². The lowest BCUT2D eigenvalue weighted by Crippen LogP contribution is -2.32. The van der Waals surface area contributed by atoms with Crippen LogP contribution in [0.4, 0.5) is 10.2 Å². The summed E-state index contributed by atoms with van der Waals surface area (Å²) >= 11 is 0. The lowest BCUT2D eigenvalue weighted by molar-refractivity contribution is 0.0965. The molecular weight excluding hydrogens is 369 g/mol. The van der Waals surface area contributed by atoms with Crippen molar-refractivity contribution < 1.29 is 9.18 Å². The molecule has 0 fully saturated rings. The van der Waals surface area contributed by atoms with Crippen molar-refractivity contribution in [1.82, 2.24) is 20.3 Å². The molecule has 146 valence electrons. The largest absolute Gasteiger partial charge is 0.352 e. The summed E-state index contributed by atoms with van der Waals surface area (Å²) in [6.45, 7) is 5.72. The number of hydrogen-bond acceptors (Lipinski definition) is 5. The second-order valence-corrected chi connectivity index (χ2v) is 7.59. The lowest BCUT2D eigenvalue weighted by Gasteiger charge is -2.30. The zero-order chi connectivity index (χ0) is 20.1. The van der Waals surface area contributed by atoms with Crippen LogP contribution < -0.4 is 10.2 Å². The Balaban J connectivity index is 1.50. The van der Waals surface area contributed by atoms with Gasteiger partial charge in [0.15, 0.2) is 0 Å². The maximum Gasteiger partial charge on any atom is 0.253 e. The first-order valence-corrected chi connectivity index (χ1v) is 9.64. The summed E-state index contributed by atoms with van der Waals surface area (Å²) in [5, 5.41) is 2.82. The van der Waals surface area contributed by atoms with E-state index in [4.69, 9.17) is 4.98 Å². The van der Waals surface area contributed by atoms with Crippen LogP contribution in [0.5, 0.6) is 0 Å². The van der Waals surface area contributed by atoms with E-state index in [2.05, 4.69) is 20.2 Å². The molecule has 0 saturated carbocycles. The van der Waals surface area contributed by atoms with E-state index in [0.717, 1.165) is 47.0 Å². The third-order valence-electron chi connectivity index (χ3n) is 5.52. The van der Waals surface area contributed by atoms with Gasteiger partial charge in [0.1, 0.15) is 17.3 Å². The second-order valence-electron chi connectivity index (χ2n) is 7.59. The van der Waals surface area contributed by atoms with Gasteiger partial charge in [0.05, 0.1) is 17.8 Å². The zero-order valence-corrected chi connectivity index (χ0v) is 16.3. The van der Waals surface area contributed by atoms with E-state index in [-0.39, 0.29) is 11.7 Å². The number of rotatable bonds is 2. The van der Waals surface area contributed by atoms with E-state index < -0.39 is 0 Å². The van der Waals surface area contributed by atoms with Crippen LogP contribution in [0, 0.1) is 19.7 Å². The molecular formula is C22H20FN5O. The summed E-state index contributed by atoms with van der Waals surface area (Å²) in [4.78, 5) is 27.8. The molecule has 0 bridgehead atoms. The Morgan fingerprint density at radius 1 is 1.14 bits per heavy atom. The molecule has 3 aromatic heterocycles. The van der Waals surface area contributed by atoms with Crippen molar-refractivity contribution in [1.29, 1.82) is 0 Å². The number of halogens is 1. The van der Waals surface area contributed by atoms with Gasteiger partial charge in [0, 0.05) is 42.7 Å². The molecule has 0 unspecified atom stereocenters. The Hall–Kier alpha value is -3.35. The number of carbonyl (C=O) groups is 1. The van der Waals surface area contributed by atoms with Crippen molar-refractivity contribution in [3.05, 3.63) is 70.1 Å². The fourth-order valence-corrected chi connectivity index (χ4v) is 4.03. The molecule has 0 atom stereocenters. The maximum atomic E-state index is 14.3. The van der Waals surface area contributed by atoms with Gasteiger partial charge in [0.25, 0.3) is 5.91 Å². The molecule has 0 radical (unpaired) electrons. The van der Waals surface area contributed by atoms with Gasteiger partial charge in [0.2, 0.25) is 0 Å². The topological polar surface area (TPSA) is 71.0 Å². The highest BCUT2D eigenvalue weighted by Crippen LogP contribution is 2.30. The number of carbonyl (C=O) groups excluding carboxylic acids is 1. The van der Waals surface area contributed by atoms with E-state index >= 15 is 0 Å². The van der Waals surface area contributed by atoms with Crippen molar-refractivity contribution in [2.45, 2.75) is 33.4 Å². The van der Waals surface area contributed by atoms with Crippen LogP contribution in [0.3, 0.4) is 0 Å². The fourth-order valence-electron chi connectivity index (χ4n) is 4.03. The number of anilines is 1. The molecule has 1 amide bonds. The molecule has 3 aromatic rings. The van der Waals surface area contributed by atoms with Crippen LogP contribution in [0.2, 0.25) is 0 Å². The highest BCUT2D eigenvalue weighted by molar-refractivity contribution is 5.98. The number of aryl methyl sites for hydroxylation is 2. The normalized spacial score (nSPS) is 15.1. The molecule has 6 nitrogen and oxygen atoms in total. The average Bonchev–Trinajstić information content (AvgIpc) is 3.08. The van der Waals surface area contributed by atoms with Gasteiger partial charge >= 0.3 is 0 Å². The molecule has 0 saturated heterocycles. The minimum atomic E-state index is -0.349. The smallest absolute Gasteiger partial charge is 0.253 e. The Bertz CT molecular complexity index is 1160. The third kappa shape index (κ3) is 3.03. The number of fused-ring (bicyclic) bond motifs is 2. The van der Waals surface area contributed by atoms with E-state index in [9.17, 15) is 9.18 Å². The molecule has 0 spiro atoms. The molecule has 1 N–H and O–H groups in total. The van der Waals surface area contributed by atoms with Gasteiger partial charge in [-0.05, 0) is 49.2 Å². The van der Waals surface area contributed by atoms with Crippen LogP contribution in [0.15, 0.2) is 30.5 Å². The van der Waals surface area contributed by atoms with Crippen LogP contribution in [0.1, 0.15) is 38.6 Å². The van der Waals surface area contributed by atoms with Crippen molar-refractivity contribution in [3.63, 3.8) is 0 Å². The molecule has 29 heavy (non-hydrogen) atoms. The summed E-state index contributed by atoms with van der Waals surface area (Å²) in [6, 6.07) is 6.99. The van der Waals surface area contributed by atoms with E-state index in [1.807, 2.05) is 26.0 Å². The van der Waals surface area contributed by atoms with Crippen LogP contribution in [-0.4, -0.2) is 27.4 Å². The lowest BCUT2D eigenvalue weighted by atomic mass is 10.0. The number of nitrogens with zero attached hydrogens (tertiary/aromatic N) is 4. The number of aromatic nitrogens is 3. The van der Waals surface area contributed by atoms with Gasteiger partial charge in [-0.1, -0.05) is 0 Å². The number of nitrogens with one attached hydrogen (secondary N) is 1. The van der Waals surface area contributed by atoms with Crippen molar-refractivity contribution in [2.24, 2.45) is 0 Å². The van der Waals surface area contributed by atoms with E-state index in [0.29, 0.717) is 29.9 Å². The predicted octanol–water partition coefficient (Wildman–Crippen LogP) is 3.10. The fraction of sp³-hybridized carbons (Fsp3) is 0.273. The highest BCUT2D eigenvalue weighted by atomic mass is 19.1. The Labute approximate surface area is 167 Å². The quantitative estimate of drug-likeness (QED) is 0.729. The van der Waals surface area contributed by atoms with Gasteiger partial charge in [-0.2, -0.15) is 0 Å². The number of amides is 1. The molecule has 0 aliphatic carbocycles. The first-order chi connectivity index (χ1) is 14.0. The van der Waals surface area contributed by atoms with Crippen LogP contribution in [-0.2, 0) is 19.5 Å². The second kappa shape index (κ2) is 6.62. The Kier molecular flexibility index (Phi) is 4.04. The summed E-state index contributed by atoms with van der Waals surface area (Å²) in [7, 11) is 0. The Morgan fingerprint density at radius 2 is 2.00 bits per heavy atom. The van der Waals surface area contributed by atoms with Gasteiger partial charge in [-0.25, -0.2) is 14.4 Å². The van der Waals surface area contributed by atoms with Gasteiger partial charge in [-0.3, -0.25) is 9.78 Å². The molecule has 2 aliphatic heterocycles. The predicted molar refractivity (Wildman–Crippen MR) is 107 cm³/mol. The third-order valence-corrected chi connectivity index (χ3v) is 5.52. The van der Waals surface area contributed by atoms with Gasteiger partial charge < -0.3 is 10.2 Å². The Morgan fingerprint density at radius 3 is 2.86 bits per heavy atom. The minimum Gasteiger partial charge on any atom is -0.352 e. The van der Waals surface area contributed by atoms with Crippen molar-refractivity contribution in [2.75, 3.05) is 11.4 Å². The first-order valence-electron chi connectivity index (χ1n) is 9.64. The number of hydrogen-bond donors (Lipinski definition) is 1. The summed E-state index contributed by atoms with van der Waals surface area (Å²) in [5.74, 6) is 0.474. The standard InChI is InChI=1S/C22H20FN5O/c1-12-7-16-19(10-25-22(16)29)27-21(12)28-6-5-18-15(11-28)8-14(9-24-18)20-17(23)4-3-13(2)26-20/h3-4,7-9H,5-6,10-11H2,1-2H3,(H,25,29). The highest BCUT2D eigenvalue weighted by Gasteiger charge is 2.26. The molecule has 2 aliphatic rings. The van der Waals surface area contributed by atoms with E-state index in [1.54, 1.807) is 12.3 Å². The van der Waals surface area contributed by atoms with Crippen LogP contribution in [0.25, 0.3) is 11.3 Å². The summed E-state index contributed by atoms with van der Waals surface area (Å²) < 4.78 is 14.3. The molecule has 0 aromatic carbocycles. The minimum absolute atomic E-state index is 0.0623. The average molecular weight is 389 g/mol. The van der Waals surface area contributed by atoms with E-state index in [1.165, 1.54) is 6.07 Å². The monoisotopic (exact) mass is 389 g/mol. The summed E-state index contributed by atoms with van der Waals surface area (Å²) in [6.07, 6.45) is 2.49. The maximum absolute atomic E-state index is 14.3. The summed E-state index contributed by atoms with van der Waals surface area (Å²) in [5.41, 5.74) is 6.27. The van der Waals surface area contributed by atoms with Crippen molar-refractivity contribution in [3.8, 4) is 11.3 Å². The zero-order valence-electron chi connectivity index (χ0n) is 16.3. The molecule has 7 heteroatoms. The first kappa shape index (κ1) is 17.7. The molecule has 5 heterocycles. The van der Waals surface area contributed by atoms with Gasteiger partial charge in [-0.15, -0.1) is 0 Å². The van der Waals surface area contributed by atoms with Crippen molar-refractivity contribution >= 4 is 11.7 Å².